The van der Waals surface area contributed by atoms with Crippen molar-refractivity contribution < 1.29 is 13.2 Å². The molecule has 0 aliphatic heterocycles. The summed E-state index contributed by atoms with van der Waals surface area (Å²) in [6.07, 6.45) is 0. The highest BCUT2D eigenvalue weighted by atomic mass is 79.9. The summed E-state index contributed by atoms with van der Waals surface area (Å²) in [4.78, 5) is 11.8. The monoisotopic (exact) mass is 398 g/mol. The van der Waals surface area contributed by atoms with Crippen LogP contribution < -0.4 is 10.0 Å². The van der Waals surface area contributed by atoms with Crippen LogP contribution in [0.2, 0.25) is 0 Å². The van der Waals surface area contributed by atoms with E-state index in [9.17, 15) is 13.2 Å². The lowest BCUT2D eigenvalue weighted by atomic mass is 10.2. The van der Waals surface area contributed by atoms with Gasteiger partial charge in [-0.15, -0.1) is 0 Å². The molecule has 8 heteroatoms. The molecule has 0 unspecified atom stereocenters. The van der Waals surface area contributed by atoms with Crippen molar-refractivity contribution in [3.8, 4) is 0 Å². The van der Waals surface area contributed by atoms with Gasteiger partial charge in [-0.25, -0.2) is 13.1 Å². The zero-order valence-corrected chi connectivity index (χ0v) is 13.5. The third kappa shape index (κ3) is 5.05. The van der Waals surface area contributed by atoms with E-state index in [-0.39, 0.29) is 18.2 Å². The summed E-state index contributed by atoms with van der Waals surface area (Å²) in [5.41, 5.74) is 0.457. The van der Waals surface area contributed by atoms with Crippen LogP contribution in [0.4, 0.5) is 0 Å². The topological polar surface area (TPSA) is 75.3 Å². The Balaban J connectivity index is 2.61. The zero-order valence-electron chi connectivity index (χ0n) is 9.54. The van der Waals surface area contributed by atoms with E-state index in [4.69, 9.17) is 0 Å². The highest BCUT2D eigenvalue weighted by Gasteiger charge is 2.10. The molecule has 0 bridgehead atoms. The molecule has 100 valence electrons. The predicted molar refractivity (Wildman–Crippen MR) is 77.0 cm³/mol. The molecule has 0 spiro atoms. The second kappa shape index (κ2) is 6.65. The van der Waals surface area contributed by atoms with Gasteiger partial charge in [-0.05, 0) is 25.2 Å². The Kier molecular flexibility index (Phi) is 5.77. The number of hydrogen-bond donors (Lipinski definition) is 2. The van der Waals surface area contributed by atoms with Crippen molar-refractivity contribution >= 4 is 47.8 Å². The summed E-state index contributed by atoms with van der Waals surface area (Å²) >= 11 is 6.55. The van der Waals surface area contributed by atoms with Crippen LogP contribution in [0.3, 0.4) is 0 Å². The molecule has 1 amide bonds. The van der Waals surface area contributed by atoms with Crippen molar-refractivity contribution in [3.05, 3.63) is 32.7 Å². The summed E-state index contributed by atoms with van der Waals surface area (Å²) in [6.45, 7) is 0.0616. The Hall–Kier alpha value is -0.440. The molecule has 0 saturated carbocycles. The lowest BCUT2D eigenvalue weighted by Crippen LogP contribution is -2.32. The molecule has 0 atom stereocenters. The first-order valence-corrected chi connectivity index (χ1v) is 8.23. The van der Waals surface area contributed by atoms with E-state index in [0.29, 0.717) is 5.56 Å². The number of rotatable bonds is 5. The third-order valence-electron chi connectivity index (χ3n) is 2.09. The van der Waals surface area contributed by atoms with Crippen molar-refractivity contribution in [3.63, 3.8) is 0 Å². The molecule has 0 aliphatic carbocycles. The SMILES string of the molecule is CNS(=O)(=O)CCNC(=O)c1cc(Br)cc(Br)c1. The molecule has 5 nitrogen and oxygen atoms in total. The minimum absolute atomic E-state index is 0.0616. The van der Waals surface area contributed by atoms with Gasteiger partial charge >= 0.3 is 0 Å². The van der Waals surface area contributed by atoms with E-state index in [1.807, 2.05) is 6.07 Å². The van der Waals surface area contributed by atoms with E-state index < -0.39 is 10.0 Å². The van der Waals surface area contributed by atoms with E-state index >= 15 is 0 Å². The smallest absolute Gasteiger partial charge is 0.251 e. The highest BCUT2D eigenvalue weighted by Crippen LogP contribution is 2.19. The Morgan fingerprint density at radius 3 is 2.28 bits per heavy atom. The van der Waals surface area contributed by atoms with Crippen LogP contribution in [-0.4, -0.2) is 33.7 Å². The number of hydrogen-bond acceptors (Lipinski definition) is 3. The number of carbonyl (C=O) groups excluding carboxylic acids is 1. The molecule has 0 aliphatic rings. The van der Waals surface area contributed by atoms with Gasteiger partial charge in [-0.3, -0.25) is 4.79 Å². The first-order chi connectivity index (χ1) is 8.34. The van der Waals surface area contributed by atoms with Crippen molar-refractivity contribution in [2.75, 3.05) is 19.3 Å². The second-order valence-electron chi connectivity index (χ2n) is 3.44. The van der Waals surface area contributed by atoms with Crippen LogP contribution in [0.5, 0.6) is 0 Å². The largest absolute Gasteiger partial charge is 0.351 e. The maximum atomic E-state index is 11.8. The number of amides is 1. The molecule has 0 saturated heterocycles. The molecule has 2 N–H and O–H groups in total. The lowest BCUT2D eigenvalue weighted by Gasteiger charge is -2.06. The lowest BCUT2D eigenvalue weighted by molar-refractivity contribution is 0.0956. The van der Waals surface area contributed by atoms with Crippen LogP contribution in [-0.2, 0) is 10.0 Å². The van der Waals surface area contributed by atoms with E-state index in [1.54, 1.807) is 12.1 Å². The zero-order chi connectivity index (χ0) is 13.8. The quantitative estimate of drug-likeness (QED) is 0.787. The summed E-state index contributed by atoms with van der Waals surface area (Å²) in [5, 5.41) is 2.54. The van der Waals surface area contributed by atoms with Gasteiger partial charge in [0.2, 0.25) is 10.0 Å². The van der Waals surface area contributed by atoms with Gasteiger partial charge in [0.15, 0.2) is 0 Å². The van der Waals surface area contributed by atoms with Gasteiger partial charge in [0.25, 0.3) is 5.91 Å². The molecule has 18 heavy (non-hydrogen) atoms. The van der Waals surface area contributed by atoms with Crippen LogP contribution in [0.1, 0.15) is 10.4 Å². The fraction of sp³-hybridized carbons (Fsp3) is 0.300. The van der Waals surface area contributed by atoms with E-state index in [0.717, 1.165) is 8.95 Å². The van der Waals surface area contributed by atoms with Gasteiger partial charge in [-0.1, -0.05) is 31.9 Å². The number of halogens is 2. The van der Waals surface area contributed by atoms with Gasteiger partial charge < -0.3 is 5.32 Å². The van der Waals surface area contributed by atoms with Gasteiger partial charge in [0.1, 0.15) is 0 Å². The van der Waals surface area contributed by atoms with Gasteiger partial charge in [0.05, 0.1) is 5.75 Å². The number of benzene rings is 1. The van der Waals surface area contributed by atoms with Crippen molar-refractivity contribution in [1.29, 1.82) is 0 Å². The molecular weight excluding hydrogens is 388 g/mol. The first kappa shape index (κ1) is 15.6. The summed E-state index contributed by atoms with van der Waals surface area (Å²) in [6, 6.07) is 5.13. The Labute approximate surface area is 123 Å². The Morgan fingerprint density at radius 1 is 1.22 bits per heavy atom. The average molecular weight is 400 g/mol. The minimum atomic E-state index is -3.30. The average Bonchev–Trinajstić information content (AvgIpc) is 2.27. The normalized spacial score (nSPS) is 11.3. The summed E-state index contributed by atoms with van der Waals surface area (Å²) in [5.74, 6) is -0.465. The molecular formula is C10H12Br2N2O3S. The van der Waals surface area contributed by atoms with Gasteiger partial charge in [-0.2, -0.15) is 0 Å². The molecule has 0 aromatic heterocycles. The molecule has 0 fully saturated rings. The first-order valence-electron chi connectivity index (χ1n) is 4.99. The van der Waals surface area contributed by atoms with Gasteiger partial charge in [0, 0.05) is 21.1 Å². The predicted octanol–water partition coefficient (Wildman–Crippen LogP) is 1.49. The van der Waals surface area contributed by atoms with Crippen molar-refractivity contribution in [2.45, 2.75) is 0 Å². The van der Waals surface area contributed by atoms with Crippen LogP contribution in [0.15, 0.2) is 27.1 Å². The van der Waals surface area contributed by atoms with Crippen molar-refractivity contribution in [1.82, 2.24) is 10.0 Å². The highest BCUT2D eigenvalue weighted by molar-refractivity contribution is 9.11. The number of sulfonamides is 1. The minimum Gasteiger partial charge on any atom is -0.351 e. The molecule has 1 rings (SSSR count). The number of nitrogens with one attached hydrogen (secondary N) is 2. The molecule has 0 radical (unpaired) electrons. The summed E-state index contributed by atoms with van der Waals surface area (Å²) < 4.78 is 26.0. The van der Waals surface area contributed by atoms with E-state index in [2.05, 4.69) is 41.9 Å². The van der Waals surface area contributed by atoms with Crippen LogP contribution in [0.25, 0.3) is 0 Å². The standard InChI is InChI=1S/C10H12Br2N2O3S/c1-13-18(16,17)3-2-14-10(15)7-4-8(11)6-9(12)5-7/h4-6,13H,2-3H2,1H3,(H,14,15). The second-order valence-corrected chi connectivity index (χ2v) is 7.31. The fourth-order valence-electron chi connectivity index (χ4n) is 1.19. The Bertz CT molecular complexity index is 526. The molecule has 1 aromatic rings. The number of carbonyl (C=O) groups is 1. The Morgan fingerprint density at radius 2 is 1.78 bits per heavy atom. The maximum Gasteiger partial charge on any atom is 0.251 e. The van der Waals surface area contributed by atoms with Crippen LogP contribution in [0, 0.1) is 0 Å². The maximum absolute atomic E-state index is 11.8. The van der Waals surface area contributed by atoms with Crippen molar-refractivity contribution in [2.24, 2.45) is 0 Å². The molecule has 0 heterocycles. The summed E-state index contributed by atoms with van der Waals surface area (Å²) in [7, 11) is -1.96. The third-order valence-corrected chi connectivity index (χ3v) is 4.37. The molecule has 1 aromatic carbocycles. The van der Waals surface area contributed by atoms with E-state index in [1.165, 1.54) is 7.05 Å². The fourth-order valence-corrected chi connectivity index (χ4v) is 3.06. The van der Waals surface area contributed by atoms with Crippen LogP contribution >= 0.6 is 31.9 Å².